The fourth-order valence-electron chi connectivity index (χ4n) is 3.51. The van der Waals surface area contributed by atoms with Crippen LogP contribution in [0.2, 0.25) is 0 Å². The number of ether oxygens (including phenoxy) is 3. The van der Waals surface area contributed by atoms with Crippen LogP contribution in [0.1, 0.15) is 45.6 Å². The molecule has 1 heterocycles. The Morgan fingerprint density at radius 3 is 2.31 bits per heavy atom. The predicted octanol–water partition coefficient (Wildman–Crippen LogP) is 2.97. The first-order valence-electron chi connectivity index (χ1n) is 9.10. The molecule has 0 aliphatic carbocycles. The fraction of sp³-hybridized carbons (Fsp3) is 0.600. The van der Waals surface area contributed by atoms with E-state index in [2.05, 4.69) is 0 Å². The van der Waals surface area contributed by atoms with Crippen molar-refractivity contribution in [3.63, 3.8) is 0 Å². The smallest absolute Gasteiger partial charge is 0.311 e. The van der Waals surface area contributed by atoms with Gasteiger partial charge in [0.2, 0.25) is 0 Å². The molecule has 0 saturated carbocycles. The number of hydrogen-bond donors (Lipinski definition) is 0. The average molecular weight is 363 g/mol. The summed E-state index contributed by atoms with van der Waals surface area (Å²) in [6, 6.07) is 5.62. The topological polar surface area (TPSA) is 65.1 Å². The third-order valence-electron chi connectivity index (χ3n) is 4.90. The molecule has 0 N–H and O–H groups in total. The number of carbonyl (C=O) groups excluding carboxylic acids is 2. The quantitative estimate of drug-likeness (QED) is 0.727. The minimum atomic E-state index is -0.786. The molecule has 1 amide bonds. The molecule has 0 bridgehead atoms. The number of amides is 1. The monoisotopic (exact) mass is 363 g/mol. The van der Waals surface area contributed by atoms with Crippen LogP contribution in [0.3, 0.4) is 0 Å². The van der Waals surface area contributed by atoms with Gasteiger partial charge in [-0.15, -0.1) is 0 Å². The van der Waals surface area contributed by atoms with Crippen LogP contribution in [-0.4, -0.2) is 49.2 Å². The number of likely N-dealkylation sites (tertiary alicyclic amines) is 1. The van der Waals surface area contributed by atoms with Crippen molar-refractivity contribution in [2.45, 2.75) is 64.6 Å². The van der Waals surface area contributed by atoms with E-state index in [1.54, 1.807) is 39.3 Å². The van der Waals surface area contributed by atoms with Crippen molar-refractivity contribution in [2.75, 3.05) is 14.2 Å². The summed E-state index contributed by atoms with van der Waals surface area (Å²) in [5.41, 5.74) is 0.743. The number of rotatable bonds is 6. The van der Waals surface area contributed by atoms with Crippen LogP contribution in [0.5, 0.6) is 11.5 Å². The molecule has 1 aromatic rings. The molecule has 1 aromatic carbocycles. The van der Waals surface area contributed by atoms with Crippen molar-refractivity contribution >= 4 is 11.9 Å². The Morgan fingerprint density at radius 1 is 1.12 bits per heavy atom. The van der Waals surface area contributed by atoms with Crippen LogP contribution in [0.15, 0.2) is 18.2 Å². The normalized spacial score (nSPS) is 21.0. The molecule has 3 atom stereocenters. The van der Waals surface area contributed by atoms with Crippen molar-refractivity contribution in [1.29, 1.82) is 0 Å². The summed E-state index contributed by atoms with van der Waals surface area (Å²) >= 11 is 0. The molecular formula is C20H29NO5. The first kappa shape index (κ1) is 20.1. The lowest BCUT2D eigenvalue weighted by Crippen LogP contribution is -2.51. The summed E-state index contributed by atoms with van der Waals surface area (Å²) < 4.78 is 15.8. The van der Waals surface area contributed by atoms with Crippen LogP contribution >= 0.6 is 0 Å². The Hall–Kier alpha value is -2.24. The van der Waals surface area contributed by atoms with Gasteiger partial charge in [-0.05, 0) is 57.7 Å². The highest BCUT2D eigenvalue weighted by Crippen LogP contribution is 2.28. The van der Waals surface area contributed by atoms with Gasteiger partial charge in [0.15, 0.2) is 17.6 Å². The molecule has 1 aliphatic rings. The molecule has 1 saturated heterocycles. The third kappa shape index (κ3) is 4.68. The van der Waals surface area contributed by atoms with Crippen molar-refractivity contribution in [3.8, 4) is 11.5 Å². The Bertz CT molecular complexity index is 635. The number of hydrogen-bond acceptors (Lipinski definition) is 5. The second-order valence-electron chi connectivity index (χ2n) is 6.87. The maximum absolute atomic E-state index is 12.7. The first-order chi connectivity index (χ1) is 12.4. The third-order valence-corrected chi connectivity index (χ3v) is 4.90. The molecule has 2 rings (SSSR count). The van der Waals surface area contributed by atoms with Crippen LogP contribution in [0.4, 0.5) is 0 Å². The zero-order valence-corrected chi connectivity index (χ0v) is 16.3. The molecule has 26 heavy (non-hydrogen) atoms. The van der Waals surface area contributed by atoms with E-state index in [0.717, 1.165) is 24.8 Å². The molecule has 0 aromatic heterocycles. The molecule has 1 fully saturated rings. The maximum atomic E-state index is 12.7. The van der Waals surface area contributed by atoms with Gasteiger partial charge in [0, 0.05) is 12.1 Å². The highest BCUT2D eigenvalue weighted by molar-refractivity contribution is 5.84. The van der Waals surface area contributed by atoms with E-state index in [-0.39, 0.29) is 24.4 Å². The lowest BCUT2D eigenvalue weighted by atomic mass is 9.97. The molecule has 6 nitrogen and oxygen atoms in total. The van der Waals surface area contributed by atoms with Crippen LogP contribution in [-0.2, 0) is 20.7 Å². The van der Waals surface area contributed by atoms with Gasteiger partial charge >= 0.3 is 5.97 Å². The number of esters is 1. The van der Waals surface area contributed by atoms with Gasteiger partial charge in [-0.2, -0.15) is 0 Å². The summed E-state index contributed by atoms with van der Waals surface area (Å²) in [5, 5.41) is 0. The highest BCUT2D eigenvalue weighted by Gasteiger charge is 2.33. The Kier molecular flexibility index (Phi) is 6.89. The summed E-state index contributed by atoms with van der Waals surface area (Å²) in [5.74, 6) is 0.597. The van der Waals surface area contributed by atoms with Gasteiger partial charge in [-0.25, -0.2) is 0 Å². The van der Waals surface area contributed by atoms with Crippen molar-refractivity contribution in [1.82, 2.24) is 4.90 Å². The van der Waals surface area contributed by atoms with Gasteiger partial charge in [-0.3, -0.25) is 9.59 Å². The van der Waals surface area contributed by atoms with E-state index in [4.69, 9.17) is 14.2 Å². The standard InChI is InChI=1S/C20H29NO5/c1-13-7-6-8-14(2)21(13)20(23)15(3)26-19(22)12-16-9-10-17(24-4)18(11-16)25-5/h9-11,13-15H,6-8,12H2,1-5H3/t13-,14-,15-/m1/s1. The molecule has 0 radical (unpaired) electrons. The predicted molar refractivity (Wildman–Crippen MR) is 98.4 cm³/mol. The van der Waals surface area contributed by atoms with Crippen LogP contribution in [0.25, 0.3) is 0 Å². The number of piperidine rings is 1. The first-order valence-corrected chi connectivity index (χ1v) is 9.10. The zero-order chi connectivity index (χ0) is 19.3. The average Bonchev–Trinajstić information content (AvgIpc) is 2.61. The second kappa shape index (κ2) is 8.92. The van der Waals surface area contributed by atoms with E-state index in [9.17, 15) is 9.59 Å². The lowest BCUT2D eigenvalue weighted by molar-refractivity contribution is -0.161. The molecule has 0 spiro atoms. The van der Waals surface area contributed by atoms with E-state index >= 15 is 0 Å². The highest BCUT2D eigenvalue weighted by atomic mass is 16.5. The van der Waals surface area contributed by atoms with Crippen molar-refractivity contribution < 1.29 is 23.8 Å². The van der Waals surface area contributed by atoms with Crippen LogP contribution < -0.4 is 9.47 Å². The minimum Gasteiger partial charge on any atom is -0.493 e. The second-order valence-corrected chi connectivity index (χ2v) is 6.87. The Labute approximate surface area is 155 Å². The lowest BCUT2D eigenvalue weighted by Gasteiger charge is -2.40. The van der Waals surface area contributed by atoms with E-state index in [0.29, 0.717) is 11.5 Å². The number of nitrogens with zero attached hydrogens (tertiary/aromatic N) is 1. The van der Waals surface area contributed by atoms with Crippen molar-refractivity contribution in [3.05, 3.63) is 23.8 Å². The minimum absolute atomic E-state index is 0.0725. The summed E-state index contributed by atoms with van der Waals surface area (Å²) in [6.07, 6.45) is 2.39. The number of benzene rings is 1. The SMILES string of the molecule is COc1ccc(CC(=O)O[C@H](C)C(=O)N2[C@H](C)CCC[C@H]2C)cc1OC. The van der Waals surface area contributed by atoms with Crippen molar-refractivity contribution in [2.24, 2.45) is 0 Å². The van der Waals surface area contributed by atoms with Crippen LogP contribution in [0, 0.1) is 0 Å². The molecule has 0 unspecified atom stereocenters. The Morgan fingerprint density at radius 2 is 1.73 bits per heavy atom. The van der Waals surface area contributed by atoms with Gasteiger partial charge in [-0.1, -0.05) is 6.07 Å². The molecular weight excluding hydrogens is 334 g/mol. The summed E-state index contributed by atoms with van der Waals surface area (Å²) in [4.78, 5) is 26.8. The summed E-state index contributed by atoms with van der Waals surface area (Å²) in [6.45, 7) is 5.74. The van der Waals surface area contributed by atoms with Gasteiger partial charge in [0.05, 0.1) is 20.6 Å². The van der Waals surface area contributed by atoms with Gasteiger partial charge in [0.1, 0.15) is 0 Å². The largest absolute Gasteiger partial charge is 0.493 e. The maximum Gasteiger partial charge on any atom is 0.311 e. The summed E-state index contributed by atoms with van der Waals surface area (Å²) in [7, 11) is 3.10. The zero-order valence-electron chi connectivity index (χ0n) is 16.3. The Balaban J connectivity index is 1.97. The van der Waals surface area contributed by atoms with Gasteiger partial charge < -0.3 is 19.1 Å². The number of carbonyl (C=O) groups is 2. The molecule has 6 heteroatoms. The number of methoxy groups -OCH3 is 2. The van der Waals surface area contributed by atoms with E-state index in [1.165, 1.54) is 0 Å². The fourth-order valence-corrected chi connectivity index (χ4v) is 3.51. The molecule has 144 valence electrons. The van der Waals surface area contributed by atoms with E-state index in [1.807, 2.05) is 18.7 Å². The van der Waals surface area contributed by atoms with E-state index < -0.39 is 12.1 Å². The van der Waals surface area contributed by atoms with Gasteiger partial charge in [0.25, 0.3) is 5.91 Å². The molecule has 1 aliphatic heterocycles.